The van der Waals surface area contributed by atoms with Crippen molar-refractivity contribution < 1.29 is 9.59 Å². The fourth-order valence-electron chi connectivity index (χ4n) is 2.03. The van der Waals surface area contributed by atoms with E-state index in [0.29, 0.717) is 15.7 Å². The number of nitrogens with one attached hydrogen (secondary N) is 1. The van der Waals surface area contributed by atoms with Crippen LogP contribution in [0.25, 0.3) is 0 Å². The van der Waals surface area contributed by atoms with E-state index in [4.69, 9.17) is 23.2 Å². The molecule has 1 N–H and O–H groups in total. The predicted octanol–water partition coefficient (Wildman–Crippen LogP) is 2.54. The van der Waals surface area contributed by atoms with Gasteiger partial charge in [0.1, 0.15) is 12.1 Å². The van der Waals surface area contributed by atoms with Gasteiger partial charge in [-0.3, -0.25) is 14.5 Å². The molecule has 2 rings (SSSR count). The molecule has 0 unspecified atom stereocenters. The molecule has 1 fully saturated rings. The van der Waals surface area contributed by atoms with Crippen LogP contribution >= 0.6 is 23.2 Å². The minimum atomic E-state index is -0.948. The van der Waals surface area contributed by atoms with Crippen LogP contribution in [-0.4, -0.2) is 23.9 Å². The Morgan fingerprint density at radius 1 is 1.21 bits per heavy atom. The van der Waals surface area contributed by atoms with Crippen LogP contribution < -0.4 is 10.2 Å². The van der Waals surface area contributed by atoms with E-state index in [0.717, 1.165) is 5.56 Å². The average molecular weight is 301 g/mol. The third-order valence-electron chi connectivity index (χ3n) is 3.05. The maximum atomic E-state index is 12.4. The number of halogens is 2. The first-order valence-corrected chi connectivity index (χ1v) is 6.56. The van der Waals surface area contributed by atoms with Crippen molar-refractivity contribution in [2.75, 3.05) is 11.4 Å². The van der Waals surface area contributed by atoms with Crippen LogP contribution in [0, 0.1) is 6.92 Å². The summed E-state index contributed by atoms with van der Waals surface area (Å²) in [6, 6.07) is 3.30. The van der Waals surface area contributed by atoms with E-state index in [2.05, 4.69) is 5.32 Å². The summed E-state index contributed by atoms with van der Waals surface area (Å²) in [5, 5.41) is 3.56. The van der Waals surface area contributed by atoms with Gasteiger partial charge in [-0.05, 0) is 38.5 Å². The maximum Gasteiger partial charge on any atom is 0.252 e. The van der Waals surface area contributed by atoms with Gasteiger partial charge < -0.3 is 5.32 Å². The van der Waals surface area contributed by atoms with Gasteiger partial charge in [0.2, 0.25) is 5.91 Å². The average Bonchev–Trinajstić information content (AvgIpc) is 2.28. The van der Waals surface area contributed by atoms with Gasteiger partial charge in [-0.1, -0.05) is 23.2 Å². The molecule has 2 amide bonds. The molecule has 102 valence electrons. The Balaban J connectivity index is 2.49. The fraction of sp³-hybridized carbons (Fsp3) is 0.385. The standard InChI is InChI=1S/C13H14Cl2N2O2/c1-7-4-9(15)10(5-8(7)14)17-6-11(18)16-13(2,3)12(17)19/h4-5H,6H2,1-3H3,(H,16,18). The van der Waals surface area contributed by atoms with Gasteiger partial charge in [-0.2, -0.15) is 0 Å². The smallest absolute Gasteiger partial charge is 0.252 e. The first kappa shape index (κ1) is 14.2. The first-order valence-electron chi connectivity index (χ1n) is 5.81. The SMILES string of the molecule is Cc1cc(Cl)c(N2CC(=O)NC(C)(C)C2=O)cc1Cl. The quantitative estimate of drug-likeness (QED) is 0.866. The highest BCUT2D eigenvalue weighted by molar-refractivity contribution is 6.36. The molecule has 0 aliphatic carbocycles. The fourth-order valence-corrected chi connectivity index (χ4v) is 2.51. The number of piperazine rings is 1. The monoisotopic (exact) mass is 300 g/mol. The molecule has 0 saturated carbocycles. The number of aryl methyl sites for hydroxylation is 1. The molecule has 1 aliphatic rings. The van der Waals surface area contributed by atoms with E-state index in [1.165, 1.54) is 4.90 Å². The van der Waals surface area contributed by atoms with Crippen LogP contribution in [0.3, 0.4) is 0 Å². The Morgan fingerprint density at radius 3 is 2.47 bits per heavy atom. The zero-order chi connectivity index (χ0) is 14.4. The van der Waals surface area contributed by atoms with Crippen molar-refractivity contribution in [3.8, 4) is 0 Å². The summed E-state index contributed by atoms with van der Waals surface area (Å²) in [6.07, 6.45) is 0. The molecule has 1 aromatic rings. The predicted molar refractivity (Wildman–Crippen MR) is 75.8 cm³/mol. The number of benzene rings is 1. The topological polar surface area (TPSA) is 49.4 Å². The van der Waals surface area contributed by atoms with Crippen LogP contribution in [-0.2, 0) is 9.59 Å². The Kier molecular flexibility index (Phi) is 3.49. The second kappa shape index (κ2) is 4.69. The van der Waals surface area contributed by atoms with E-state index in [1.807, 2.05) is 6.92 Å². The van der Waals surface area contributed by atoms with Gasteiger partial charge in [0.15, 0.2) is 0 Å². The highest BCUT2D eigenvalue weighted by Gasteiger charge is 2.40. The number of anilines is 1. The lowest BCUT2D eigenvalue weighted by Gasteiger charge is -2.37. The second-order valence-corrected chi connectivity index (χ2v) is 5.93. The molecule has 4 nitrogen and oxygen atoms in total. The number of amides is 2. The number of hydrogen-bond donors (Lipinski definition) is 1. The molecule has 0 atom stereocenters. The van der Waals surface area contributed by atoms with Crippen molar-refractivity contribution in [1.82, 2.24) is 5.32 Å². The lowest BCUT2D eigenvalue weighted by molar-refractivity contribution is -0.134. The lowest BCUT2D eigenvalue weighted by atomic mass is 10.00. The number of nitrogens with zero attached hydrogens (tertiary/aromatic N) is 1. The van der Waals surface area contributed by atoms with E-state index >= 15 is 0 Å². The summed E-state index contributed by atoms with van der Waals surface area (Å²) in [7, 11) is 0. The van der Waals surface area contributed by atoms with Gasteiger partial charge in [-0.25, -0.2) is 0 Å². The molecule has 0 spiro atoms. The number of rotatable bonds is 1. The van der Waals surface area contributed by atoms with Crippen LogP contribution in [0.4, 0.5) is 5.69 Å². The summed E-state index contributed by atoms with van der Waals surface area (Å²) in [5.74, 6) is -0.439. The first-order chi connectivity index (χ1) is 8.72. The summed E-state index contributed by atoms with van der Waals surface area (Å²) in [6.45, 7) is 5.08. The van der Waals surface area contributed by atoms with E-state index < -0.39 is 5.54 Å². The summed E-state index contributed by atoms with van der Waals surface area (Å²) in [5.41, 5.74) is 0.338. The zero-order valence-corrected chi connectivity index (χ0v) is 12.4. The molecule has 1 aromatic carbocycles. The van der Waals surface area contributed by atoms with Crippen molar-refractivity contribution in [3.05, 3.63) is 27.7 Å². The van der Waals surface area contributed by atoms with Gasteiger partial charge in [0.05, 0.1) is 10.7 Å². The third-order valence-corrected chi connectivity index (χ3v) is 3.76. The van der Waals surface area contributed by atoms with E-state index in [1.54, 1.807) is 26.0 Å². The van der Waals surface area contributed by atoms with E-state index in [9.17, 15) is 9.59 Å². The molecule has 19 heavy (non-hydrogen) atoms. The molecule has 1 saturated heterocycles. The van der Waals surface area contributed by atoms with Gasteiger partial charge in [0, 0.05) is 5.02 Å². The summed E-state index contributed by atoms with van der Waals surface area (Å²) in [4.78, 5) is 25.4. The van der Waals surface area contributed by atoms with Gasteiger partial charge >= 0.3 is 0 Å². The molecule has 1 heterocycles. The van der Waals surface area contributed by atoms with Crippen molar-refractivity contribution in [3.63, 3.8) is 0 Å². The molecule has 1 aliphatic heterocycles. The third kappa shape index (κ3) is 2.55. The molecule has 0 radical (unpaired) electrons. The number of hydrogen-bond acceptors (Lipinski definition) is 2. The Labute approximate surface area is 121 Å². The largest absolute Gasteiger partial charge is 0.341 e. The van der Waals surface area contributed by atoms with Crippen LogP contribution in [0.1, 0.15) is 19.4 Å². The second-order valence-electron chi connectivity index (χ2n) is 5.12. The molecular formula is C13H14Cl2N2O2. The molecular weight excluding hydrogens is 287 g/mol. The van der Waals surface area contributed by atoms with Crippen LogP contribution in [0.2, 0.25) is 10.0 Å². The van der Waals surface area contributed by atoms with Crippen molar-refractivity contribution in [1.29, 1.82) is 0 Å². The Bertz CT molecular complexity index is 570. The van der Waals surface area contributed by atoms with Gasteiger partial charge in [-0.15, -0.1) is 0 Å². The maximum absolute atomic E-state index is 12.4. The normalized spacial score (nSPS) is 18.5. The van der Waals surface area contributed by atoms with Crippen LogP contribution in [0.15, 0.2) is 12.1 Å². The highest BCUT2D eigenvalue weighted by atomic mass is 35.5. The minimum absolute atomic E-state index is 0.0542. The molecule has 0 aromatic heterocycles. The number of carbonyl (C=O) groups excluding carboxylic acids is 2. The molecule has 6 heteroatoms. The van der Waals surface area contributed by atoms with E-state index in [-0.39, 0.29) is 18.4 Å². The minimum Gasteiger partial charge on any atom is -0.341 e. The van der Waals surface area contributed by atoms with Crippen molar-refractivity contribution in [2.45, 2.75) is 26.3 Å². The highest BCUT2D eigenvalue weighted by Crippen LogP contribution is 2.33. The Morgan fingerprint density at radius 2 is 1.84 bits per heavy atom. The summed E-state index contributed by atoms with van der Waals surface area (Å²) < 4.78 is 0. The molecule has 0 bridgehead atoms. The lowest BCUT2D eigenvalue weighted by Crippen LogP contribution is -2.64. The number of carbonyl (C=O) groups is 2. The van der Waals surface area contributed by atoms with Crippen molar-refractivity contribution >= 4 is 40.7 Å². The summed E-state index contributed by atoms with van der Waals surface area (Å²) >= 11 is 12.2. The van der Waals surface area contributed by atoms with Crippen molar-refractivity contribution in [2.24, 2.45) is 0 Å². The van der Waals surface area contributed by atoms with Crippen LogP contribution in [0.5, 0.6) is 0 Å². The zero-order valence-electron chi connectivity index (χ0n) is 10.9. The Hall–Kier alpha value is -1.26. The van der Waals surface area contributed by atoms with Gasteiger partial charge in [0.25, 0.3) is 5.91 Å².